The average Bonchev–Trinajstić information content (AvgIpc) is 2.52. The maximum absolute atomic E-state index is 5.57. The fraction of sp³-hybridized carbons (Fsp3) is 0.688. The summed E-state index contributed by atoms with van der Waals surface area (Å²) in [5, 5.41) is 3.60. The third kappa shape index (κ3) is 5.10. The molecule has 1 aromatic heterocycles. The zero-order chi connectivity index (χ0) is 14.0. The van der Waals surface area contributed by atoms with Gasteiger partial charge < -0.3 is 15.0 Å². The van der Waals surface area contributed by atoms with E-state index in [4.69, 9.17) is 4.74 Å². The highest BCUT2D eigenvalue weighted by Gasteiger charge is 2.19. The van der Waals surface area contributed by atoms with Gasteiger partial charge in [0, 0.05) is 38.5 Å². The third-order valence-electron chi connectivity index (χ3n) is 3.79. The number of rotatable bonds is 8. The van der Waals surface area contributed by atoms with Crippen LogP contribution in [0.15, 0.2) is 24.4 Å². The van der Waals surface area contributed by atoms with E-state index in [0.717, 1.165) is 38.7 Å². The van der Waals surface area contributed by atoms with Crippen LogP contribution in [0.4, 0.5) is 5.82 Å². The predicted octanol–water partition coefficient (Wildman–Crippen LogP) is 2.46. The van der Waals surface area contributed by atoms with Crippen molar-refractivity contribution in [3.8, 4) is 0 Å². The zero-order valence-corrected chi connectivity index (χ0v) is 12.6. The topological polar surface area (TPSA) is 37.4 Å². The van der Waals surface area contributed by atoms with Crippen LogP contribution in [0.5, 0.6) is 0 Å². The van der Waals surface area contributed by atoms with Gasteiger partial charge in [-0.1, -0.05) is 19.4 Å². The molecular formula is C16H27N3O. The van der Waals surface area contributed by atoms with Crippen molar-refractivity contribution >= 4 is 5.82 Å². The lowest BCUT2D eigenvalue weighted by molar-refractivity contribution is 0.130. The van der Waals surface area contributed by atoms with E-state index in [1.54, 1.807) is 0 Å². The Morgan fingerprint density at radius 3 is 2.85 bits per heavy atom. The summed E-state index contributed by atoms with van der Waals surface area (Å²) in [6, 6.07) is 6.75. The lowest BCUT2D eigenvalue weighted by Gasteiger charge is -2.33. The van der Waals surface area contributed by atoms with E-state index in [2.05, 4.69) is 34.3 Å². The summed E-state index contributed by atoms with van der Waals surface area (Å²) in [6.45, 7) is 7.07. The molecule has 0 amide bonds. The van der Waals surface area contributed by atoms with Crippen LogP contribution in [-0.4, -0.2) is 43.9 Å². The minimum Gasteiger partial charge on any atom is -0.380 e. The minimum atomic E-state index is 0.629. The van der Waals surface area contributed by atoms with Crippen LogP contribution in [0.3, 0.4) is 0 Å². The molecule has 0 spiro atoms. The molecule has 112 valence electrons. The highest BCUT2D eigenvalue weighted by Crippen LogP contribution is 2.16. The van der Waals surface area contributed by atoms with Crippen LogP contribution in [0.25, 0.3) is 0 Å². The maximum Gasteiger partial charge on any atom is 0.128 e. The Bertz CT molecular complexity index is 350. The Morgan fingerprint density at radius 2 is 2.15 bits per heavy atom. The molecule has 1 aliphatic heterocycles. The van der Waals surface area contributed by atoms with Crippen molar-refractivity contribution in [2.75, 3.05) is 37.7 Å². The molecule has 0 atom stereocenters. The van der Waals surface area contributed by atoms with E-state index < -0.39 is 0 Å². The van der Waals surface area contributed by atoms with Gasteiger partial charge in [0.15, 0.2) is 0 Å². The van der Waals surface area contributed by atoms with E-state index in [-0.39, 0.29) is 0 Å². The number of ether oxygens (including phenoxy) is 1. The first kappa shape index (κ1) is 15.3. The molecular weight excluding hydrogens is 250 g/mol. The van der Waals surface area contributed by atoms with Crippen LogP contribution in [0.2, 0.25) is 0 Å². The van der Waals surface area contributed by atoms with Gasteiger partial charge in [-0.05, 0) is 31.4 Å². The number of pyridine rings is 1. The number of aromatic nitrogens is 1. The molecule has 0 bridgehead atoms. The van der Waals surface area contributed by atoms with Gasteiger partial charge in [-0.25, -0.2) is 4.98 Å². The smallest absolute Gasteiger partial charge is 0.128 e. The average molecular weight is 277 g/mol. The maximum atomic E-state index is 5.57. The summed E-state index contributed by atoms with van der Waals surface area (Å²) in [4.78, 5) is 6.79. The molecule has 4 nitrogen and oxygen atoms in total. The lowest BCUT2D eigenvalue weighted by atomic mass is 10.1. The number of piperidine rings is 1. The SMILES string of the molecule is CCCCOCCNC1CCN(c2ccccn2)CC1. The molecule has 1 aliphatic rings. The van der Waals surface area contributed by atoms with Crippen molar-refractivity contribution in [3.05, 3.63) is 24.4 Å². The first-order valence-electron chi connectivity index (χ1n) is 7.87. The number of unbranched alkanes of at least 4 members (excludes halogenated alkanes) is 1. The van der Waals surface area contributed by atoms with Crippen molar-refractivity contribution < 1.29 is 4.74 Å². The summed E-state index contributed by atoms with van der Waals surface area (Å²) in [7, 11) is 0. The molecule has 0 radical (unpaired) electrons. The van der Waals surface area contributed by atoms with Gasteiger partial charge in [-0.2, -0.15) is 0 Å². The van der Waals surface area contributed by atoms with Gasteiger partial charge in [0.05, 0.1) is 6.61 Å². The standard InChI is InChI=1S/C16H27N3O/c1-2-3-13-20-14-10-17-15-7-11-19(12-8-15)16-6-4-5-9-18-16/h4-6,9,15,17H,2-3,7-8,10-14H2,1H3. The molecule has 20 heavy (non-hydrogen) atoms. The number of anilines is 1. The normalized spacial score (nSPS) is 16.6. The number of hydrogen-bond acceptors (Lipinski definition) is 4. The van der Waals surface area contributed by atoms with Gasteiger partial charge in [-0.15, -0.1) is 0 Å². The van der Waals surface area contributed by atoms with Crippen LogP contribution in [-0.2, 0) is 4.74 Å². The monoisotopic (exact) mass is 277 g/mol. The van der Waals surface area contributed by atoms with E-state index in [1.165, 1.54) is 25.7 Å². The molecule has 1 saturated heterocycles. The molecule has 1 aromatic rings. The number of nitrogens with zero attached hydrogens (tertiary/aromatic N) is 2. The fourth-order valence-electron chi connectivity index (χ4n) is 2.54. The minimum absolute atomic E-state index is 0.629. The van der Waals surface area contributed by atoms with Gasteiger partial charge in [0.2, 0.25) is 0 Å². The summed E-state index contributed by atoms with van der Waals surface area (Å²) in [6.07, 6.45) is 6.62. The summed E-state index contributed by atoms with van der Waals surface area (Å²) < 4.78 is 5.57. The Hall–Kier alpha value is -1.13. The zero-order valence-electron chi connectivity index (χ0n) is 12.6. The second kappa shape index (κ2) is 8.93. The van der Waals surface area contributed by atoms with Crippen molar-refractivity contribution in [2.24, 2.45) is 0 Å². The summed E-state index contributed by atoms with van der Waals surface area (Å²) in [5.41, 5.74) is 0. The first-order valence-corrected chi connectivity index (χ1v) is 7.87. The molecule has 0 aliphatic carbocycles. The highest BCUT2D eigenvalue weighted by atomic mass is 16.5. The Morgan fingerprint density at radius 1 is 1.30 bits per heavy atom. The van der Waals surface area contributed by atoms with E-state index in [9.17, 15) is 0 Å². The van der Waals surface area contributed by atoms with Crippen LogP contribution >= 0.6 is 0 Å². The molecule has 1 N–H and O–H groups in total. The van der Waals surface area contributed by atoms with E-state index >= 15 is 0 Å². The number of nitrogens with one attached hydrogen (secondary N) is 1. The Kier molecular flexibility index (Phi) is 6.81. The molecule has 2 rings (SSSR count). The van der Waals surface area contributed by atoms with Crippen molar-refractivity contribution in [1.82, 2.24) is 10.3 Å². The molecule has 4 heteroatoms. The molecule has 1 fully saturated rings. The second-order valence-electron chi connectivity index (χ2n) is 5.37. The Labute approximate surface area is 122 Å². The molecule has 0 unspecified atom stereocenters. The second-order valence-corrected chi connectivity index (χ2v) is 5.37. The Balaban J connectivity index is 1.58. The number of hydrogen-bond donors (Lipinski definition) is 1. The molecule has 2 heterocycles. The lowest BCUT2D eigenvalue weighted by Crippen LogP contribution is -2.43. The highest BCUT2D eigenvalue weighted by molar-refractivity contribution is 5.38. The van der Waals surface area contributed by atoms with E-state index in [1.807, 2.05) is 12.3 Å². The molecule has 0 saturated carbocycles. The summed E-state index contributed by atoms with van der Waals surface area (Å²) in [5.74, 6) is 1.11. The fourth-order valence-corrected chi connectivity index (χ4v) is 2.54. The largest absolute Gasteiger partial charge is 0.380 e. The van der Waals surface area contributed by atoms with Gasteiger partial charge in [-0.3, -0.25) is 0 Å². The van der Waals surface area contributed by atoms with Crippen LogP contribution in [0.1, 0.15) is 32.6 Å². The summed E-state index contributed by atoms with van der Waals surface area (Å²) >= 11 is 0. The van der Waals surface area contributed by atoms with Crippen LogP contribution in [0, 0.1) is 0 Å². The van der Waals surface area contributed by atoms with Crippen molar-refractivity contribution in [1.29, 1.82) is 0 Å². The predicted molar refractivity (Wildman–Crippen MR) is 83.2 cm³/mol. The first-order chi connectivity index (χ1) is 9.90. The van der Waals surface area contributed by atoms with Gasteiger partial charge in [0.25, 0.3) is 0 Å². The van der Waals surface area contributed by atoms with Gasteiger partial charge >= 0.3 is 0 Å². The van der Waals surface area contributed by atoms with Crippen LogP contribution < -0.4 is 10.2 Å². The van der Waals surface area contributed by atoms with Crippen molar-refractivity contribution in [2.45, 2.75) is 38.6 Å². The third-order valence-corrected chi connectivity index (χ3v) is 3.79. The molecule has 0 aromatic carbocycles. The quantitative estimate of drug-likeness (QED) is 0.741. The van der Waals surface area contributed by atoms with Gasteiger partial charge in [0.1, 0.15) is 5.82 Å². The van der Waals surface area contributed by atoms with E-state index in [0.29, 0.717) is 6.04 Å². The van der Waals surface area contributed by atoms with Crippen molar-refractivity contribution in [3.63, 3.8) is 0 Å².